The summed E-state index contributed by atoms with van der Waals surface area (Å²) >= 11 is 3.20. The molecule has 2 rings (SSSR count). The number of hydrogen-bond acceptors (Lipinski definition) is 3. The summed E-state index contributed by atoms with van der Waals surface area (Å²) in [4.78, 5) is 0. The van der Waals surface area contributed by atoms with Crippen molar-refractivity contribution in [3.05, 3.63) is 34.7 Å². The fraction of sp³-hybridized carbons (Fsp3) is 0.111. The van der Waals surface area contributed by atoms with Crippen LogP contribution in [-0.2, 0) is 6.61 Å². The Kier molecular flexibility index (Phi) is 2.24. The molecule has 0 bridgehead atoms. The van der Waals surface area contributed by atoms with E-state index in [1.54, 1.807) is 24.3 Å². The van der Waals surface area contributed by atoms with Crippen LogP contribution in [-0.4, -0.2) is 5.11 Å². The highest BCUT2D eigenvalue weighted by molar-refractivity contribution is 9.10. The van der Waals surface area contributed by atoms with Crippen molar-refractivity contribution in [3.63, 3.8) is 0 Å². The minimum absolute atomic E-state index is 0.0954. The van der Waals surface area contributed by atoms with E-state index in [1.165, 1.54) is 0 Å². The zero-order chi connectivity index (χ0) is 9.26. The van der Waals surface area contributed by atoms with Crippen LogP contribution >= 0.6 is 15.9 Å². The third-order valence-corrected chi connectivity index (χ3v) is 2.06. The number of furan rings is 2. The maximum Gasteiger partial charge on any atom is 0.170 e. The molecule has 0 atom stereocenters. The van der Waals surface area contributed by atoms with Gasteiger partial charge in [-0.2, -0.15) is 0 Å². The van der Waals surface area contributed by atoms with Gasteiger partial charge in [-0.15, -0.1) is 0 Å². The van der Waals surface area contributed by atoms with Crippen LogP contribution in [0.15, 0.2) is 37.8 Å². The van der Waals surface area contributed by atoms with Crippen LogP contribution in [0.5, 0.6) is 0 Å². The van der Waals surface area contributed by atoms with Gasteiger partial charge in [-0.25, -0.2) is 0 Å². The van der Waals surface area contributed by atoms with Crippen molar-refractivity contribution in [1.29, 1.82) is 0 Å². The molecule has 0 saturated heterocycles. The van der Waals surface area contributed by atoms with Gasteiger partial charge in [0.05, 0.1) is 0 Å². The lowest BCUT2D eigenvalue weighted by molar-refractivity contribution is 0.248. The zero-order valence-electron chi connectivity index (χ0n) is 6.66. The summed E-state index contributed by atoms with van der Waals surface area (Å²) in [5.74, 6) is 1.80. The molecule has 2 aromatic rings. The Balaban J connectivity index is 2.35. The number of aliphatic hydroxyl groups excluding tert-OH is 1. The fourth-order valence-corrected chi connectivity index (χ4v) is 1.35. The van der Waals surface area contributed by atoms with Gasteiger partial charge in [-0.05, 0) is 40.2 Å². The highest BCUT2D eigenvalue weighted by atomic mass is 79.9. The van der Waals surface area contributed by atoms with Gasteiger partial charge in [0, 0.05) is 0 Å². The summed E-state index contributed by atoms with van der Waals surface area (Å²) in [6, 6.07) is 7.06. The maximum atomic E-state index is 8.77. The smallest absolute Gasteiger partial charge is 0.170 e. The molecule has 0 aromatic carbocycles. The molecule has 0 aliphatic rings. The van der Waals surface area contributed by atoms with Gasteiger partial charge >= 0.3 is 0 Å². The van der Waals surface area contributed by atoms with Gasteiger partial charge in [-0.1, -0.05) is 0 Å². The third kappa shape index (κ3) is 1.68. The first-order chi connectivity index (χ1) is 6.29. The monoisotopic (exact) mass is 242 g/mol. The number of aliphatic hydroxyl groups is 1. The summed E-state index contributed by atoms with van der Waals surface area (Å²) in [5.41, 5.74) is 0. The molecule has 0 saturated carbocycles. The molecular weight excluding hydrogens is 236 g/mol. The molecule has 0 fully saturated rings. The molecule has 0 unspecified atom stereocenters. The second kappa shape index (κ2) is 3.40. The average Bonchev–Trinajstić information content (AvgIpc) is 2.71. The first kappa shape index (κ1) is 8.59. The van der Waals surface area contributed by atoms with E-state index >= 15 is 0 Å². The van der Waals surface area contributed by atoms with Crippen LogP contribution in [0.1, 0.15) is 5.76 Å². The van der Waals surface area contributed by atoms with E-state index in [2.05, 4.69) is 15.9 Å². The Morgan fingerprint density at radius 3 is 2.31 bits per heavy atom. The SMILES string of the molecule is OCc1ccc(-c2ccc(Br)o2)o1. The number of hydrogen-bond donors (Lipinski definition) is 1. The van der Waals surface area contributed by atoms with Crippen molar-refractivity contribution in [1.82, 2.24) is 0 Å². The molecule has 0 radical (unpaired) electrons. The minimum Gasteiger partial charge on any atom is -0.455 e. The molecule has 68 valence electrons. The predicted molar refractivity (Wildman–Crippen MR) is 50.0 cm³/mol. The van der Waals surface area contributed by atoms with Crippen LogP contribution in [0.25, 0.3) is 11.5 Å². The standard InChI is InChI=1S/C9H7BrO3/c10-9-4-3-8(13-9)7-2-1-6(5-11)12-7/h1-4,11H,5H2. The van der Waals surface area contributed by atoms with E-state index in [0.29, 0.717) is 22.0 Å². The molecular formula is C9H7BrO3. The lowest BCUT2D eigenvalue weighted by Gasteiger charge is -1.89. The Morgan fingerprint density at radius 2 is 1.77 bits per heavy atom. The summed E-state index contributed by atoms with van der Waals surface area (Å²) in [6.07, 6.45) is 0. The van der Waals surface area contributed by atoms with Gasteiger partial charge in [0.15, 0.2) is 16.2 Å². The minimum atomic E-state index is -0.0954. The molecule has 2 aromatic heterocycles. The molecule has 1 N–H and O–H groups in total. The van der Waals surface area contributed by atoms with E-state index < -0.39 is 0 Å². The zero-order valence-corrected chi connectivity index (χ0v) is 8.24. The average molecular weight is 243 g/mol. The van der Waals surface area contributed by atoms with Crippen LogP contribution < -0.4 is 0 Å². The number of halogens is 1. The topological polar surface area (TPSA) is 46.5 Å². The van der Waals surface area contributed by atoms with Crippen LogP contribution in [0.4, 0.5) is 0 Å². The van der Waals surface area contributed by atoms with Crippen molar-refractivity contribution in [3.8, 4) is 11.5 Å². The molecule has 13 heavy (non-hydrogen) atoms. The predicted octanol–water partition coefficient (Wildman–Crippen LogP) is 2.79. The van der Waals surface area contributed by atoms with Crippen molar-refractivity contribution in [2.24, 2.45) is 0 Å². The van der Waals surface area contributed by atoms with Crippen LogP contribution in [0.2, 0.25) is 0 Å². The molecule has 0 aliphatic carbocycles. The van der Waals surface area contributed by atoms with Crippen molar-refractivity contribution >= 4 is 15.9 Å². The second-order valence-corrected chi connectivity index (χ2v) is 3.31. The van der Waals surface area contributed by atoms with Gasteiger partial charge in [-0.3, -0.25) is 0 Å². The van der Waals surface area contributed by atoms with Crippen LogP contribution in [0, 0.1) is 0 Å². The molecule has 4 heteroatoms. The van der Waals surface area contributed by atoms with Gasteiger partial charge < -0.3 is 13.9 Å². The van der Waals surface area contributed by atoms with Gasteiger partial charge in [0.1, 0.15) is 12.4 Å². The fourth-order valence-electron chi connectivity index (χ4n) is 1.04. The normalized spacial score (nSPS) is 10.6. The molecule has 0 aliphatic heterocycles. The van der Waals surface area contributed by atoms with Crippen LogP contribution in [0.3, 0.4) is 0 Å². The van der Waals surface area contributed by atoms with Crippen molar-refractivity contribution < 1.29 is 13.9 Å². The molecule has 3 nitrogen and oxygen atoms in total. The van der Waals surface area contributed by atoms with E-state index in [4.69, 9.17) is 13.9 Å². The Hall–Kier alpha value is -1.00. The molecule has 0 spiro atoms. The summed E-state index contributed by atoms with van der Waals surface area (Å²) in [5, 5.41) is 8.77. The first-order valence-electron chi connectivity index (χ1n) is 3.75. The van der Waals surface area contributed by atoms with E-state index in [9.17, 15) is 0 Å². The quantitative estimate of drug-likeness (QED) is 0.881. The van der Waals surface area contributed by atoms with Crippen molar-refractivity contribution in [2.45, 2.75) is 6.61 Å². The Bertz CT molecular complexity index is 402. The first-order valence-corrected chi connectivity index (χ1v) is 4.54. The maximum absolute atomic E-state index is 8.77. The number of rotatable bonds is 2. The molecule has 2 heterocycles. The highest BCUT2D eigenvalue weighted by Gasteiger charge is 2.07. The van der Waals surface area contributed by atoms with E-state index in [0.717, 1.165) is 0 Å². The lowest BCUT2D eigenvalue weighted by atomic mass is 10.3. The summed E-state index contributed by atoms with van der Waals surface area (Å²) < 4.78 is 11.2. The van der Waals surface area contributed by atoms with Gasteiger partial charge in [0.2, 0.25) is 0 Å². The summed E-state index contributed by atoms with van der Waals surface area (Å²) in [6.45, 7) is -0.0954. The third-order valence-electron chi connectivity index (χ3n) is 1.63. The lowest BCUT2D eigenvalue weighted by Crippen LogP contribution is -1.73. The van der Waals surface area contributed by atoms with Gasteiger partial charge in [0.25, 0.3) is 0 Å². The molecule has 0 amide bonds. The van der Waals surface area contributed by atoms with Crippen molar-refractivity contribution in [2.75, 3.05) is 0 Å². The van der Waals surface area contributed by atoms with E-state index in [1.807, 2.05) is 0 Å². The second-order valence-electron chi connectivity index (χ2n) is 2.53. The highest BCUT2D eigenvalue weighted by Crippen LogP contribution is 2.26. The Labute approximate surface area is 83.1 Å². The Morgan fingerprint density at radius 1 is 1.08 bits per heavy atom. The van der Waals surface area contributed by atoms with E-state index in [-0.39, 0.29) is 6.61 Å². The summed E-state index contributed by atoms with van der Waals surface area (Å²) in [7, 11) is 0. The largest absolute Gasteiger partial charge is 0.455 e.